The van der Waals surface area contributed by atoms with Gasteiger partial charge in [-0.3, -0.25) is 9.10 Å². The number of carbonyl (C=O) groups is 1. The van der Waals surface area contributed by atoms with Gasteiger partial charge in [-0.2, -0.15) is 0 Å². The first-order valence-electron chi connectivity index (χ1n) is 6.69. The molecule has 3 rings (SSSR count). The van der Waals surface area contributed by atoms with Gasteiger partial charge >= 0.3 is 0 Å². The zero-order chi connectivity index (χ0) is 16.6. The number of benzene rings is 1. The molecule has 1 N–H and O–H groups in total. The molecule has 2 aliphatic rings. The summed E-state index contributed by atoms with van der Waals surface area (Å²) in [5, 5.41) is 2.51. The van der Waals surface area contributed by atoms with Crippen LogP contribution in [-0.2, 0) is 118 Å². The monoisotopic (exact) mass is 598 g/mol. The van der Waals surface area contributed by atoms with Gasteiger partial charge in [0.2, 0.25) is 0 Å². The molecule has 3 radical (unpaired) electrons. The van der Waals surface area contributed by atoms with Crippen LogP contribution < -0.4 is 5.32 Å². The molecule has 0 aromatic heterocycles. The number of hydrogen-bond acceptors (Lipinski definition) is 5. The van der Waals surface area contributed by atoms with E-state index in [4.69, 9.17) is 4.74 Å². The van der Waals surface area contributed by atoms with E-state index in [1.165, 1.54) is 20.2 Å². The van der Waals surface area contributed by atoms with Gasteiger partial charge in [0.1, 0.15) is 0 Å². The molecule has 1 amide bonds. The van der Waals surface area contributed by atoms with Gasteiger partial charge in [0.15, 0.2) is 11.5 Å². The van der Waals surface area contributed by atoms with Crippen LogP contribution in [0.1, 0.15) is 12.0 Å². The van der Waals surface area contributed by atoms with E-state index in [1.807, 2.05) is 0 Å². The molecule has 0 unspecified atom stereocenters. The van der Waals surface area contributed by atoms with Crippen molar-refractivity contribution in [3.8, 4) is 0 Å². The Morgan fingerprint density at radius 3 is 2.50 bits per heavy atom. The van der Waals surface area contributed by atoms with Crippen molar-refractivity contribution in [2.24, 2.45) is 4.99 Å². The zero-order valence-corrected chi connectivity index (χ0v) is 23.5. The Kier molecular flexibility index (Phi) is 11.3. The average molecular weight is 598 g/mol. The third kappa shape index (κ3) is 5.00. The molecule has 0 fully saturated rings. The second kappa shape index (κ2) is 11.0. The van der Waals surface area contributed by atoms with Crippen molar-refractivity contribution in [2.45, 2.75) is 11.3 Å². The molecule has 1 aromatic rings. The van der Waals surface area contributed by atoms with Crippen molar-refractivity contribution in [1.82, 2.24) is 9.62 Å². The van der Waals surface area contributed by atoms with Crippen LogP contribution in [0.5, 0.6) is 0 Å². The van der Waals surface area contributed by atoms with Gasteiger partial charge in [-0.05, 0) is 12.1 Å². The third-order valence-electron chi connectivity index (χ3n) is 3.48. The molecule has 1 aromatic carbocycles. The summed E-state index contributed by atoms with van der Waals surface area (Å²) in [5.41, 5.74) is 0.236. The Balaban J connectivity index is 0.00000208. The van der Waals surface area contributed by atoms with Crippen LogP contribution in [0.4, 0.5) is 0 Å². The number of nitrogens with one attached hydrogen (secondary N) is 1. The average Bonchev–Trinajstić information content (AvgIpc) is 3.03. The number of likely N-dealkylation sites (N-methyl/N-ethyl adjacent to an activating group) is 1. The molecular formula is C15H13N3O4SY3-2. The van der Waals surface area contributed by atoms with E-state index >= 15 is 0 Å². The van der Waals surface area contributed by atoms with Crippen molar-refractivity contribution in [1.29, 1.82) is 0 Å². The van der Waals surface area contributed by atoms with E-state index in [0.717, 1.165) is 4.31 Å². The van der Waals surface area contributed by atoms with Gasteiger partial charge in [-0.15, -0.1) is 0 Å². The fraction of sp³-hybridized carbons (Fsp3) is 0.200. The van der Waals surface area contributed by atoms with Gasteiger partial charge in [0, 0.05) is 111 Å². The first-order chi connectivity index (χ1) is 11.0. The first kappa shape index (κ1) is 26.7. The summed E-state index contributed by atoms with van der Waals surface area (Å²) in [7, 11) is -1.14. The predicted molar refractivity (Wildman–Crippen MR) is 82.3 cm³/mol. The molecule has 7 nitrogen and oxygen atoms in total. The van der Waals surface area contributed by atoms with E-state index in [1.54, 1.807) is 18.2 Å². The molecule has 0 spiro atoms. The predicted octanol–water partition coefficient (Wildman–Crippen LogP) is 0.740. The zero-order valence-electron chi connectivity index (χ0n) is 14.2. The number of methoxy groups -OCH3 is 1. The summed E-state index contributed by atoms with van der Waals surface area (Å²) in [5.74, 6) is -0.248. The number of carbonyl (C=O) groups excluding carboxylic acids is 1. The quantitative estimate of drug-likeness (QED) is 0.521. The smallest absolute Gasteiger partial charge is 0.265 e. The maximum absolute atomic E-state index is 12.6. The topological polar surface area (TPSA) is 88.1 Å². The molecule has 2 aliphatic heterocycles. The molecule has 0 saturated heterocycles. The number of rotatable bonds is 3. The molecule has 0 bridgehead atoms. The van der Waals surface area contributed by atoms with E-state index < -0.39 is 15.9 Å². The molecule has 0 aliphatic carbocycles. The first-order valence-corrected chi connectivity index (χ1v) is 8.13. The van der Waals surface area contributed by atoms with Gasteiger partial charge < -0.3 is 21.1 Å². The third-order valence-corrected chi connectivity index (χ3v) is 5.29. The normalized spacial score (nSPS) is 16.4. The number of fused-ring (bicyclic) bond motifs is 1. The van der Waals surface area contributed by atoms with Crippen LogP contribution in [0, 0.1) is 6.08 Å². The van der Waals surface area contributed by atoms with E-state index in [2.05, 4.69) is 22.6 Å². The summed E-state index contributed by atoms with van der Waals surface area (Å²) in [6, 6.07) is 6.37. The SMILES string of the molecule is COC1=C(C(=O)NC2=[C-]C[C-]=N2)N(C)S(=O)(=O)c2ccccc21.[Y].[Y].[Y]. The van der Waals surface area contributed by atoms with Crippen molar-refractivity contribution in [3.05, 3.63) is 47.4 Å². The van der Waals surface area contributed by atoms with Crippen molar-refractivity contribution in [3.63, 3.8) is 0 Å². The van der Waals surface area contributed by atoms with Gasteiger partial charge in [-0.1, -0.05) is 12.1 Å². The van der Waals surface area contributed by atoms with Crippen molar-refractivity contribution in [2.75, 3.05) is 14.2 Å². The minimum atomic E-state index is -3.83. The fourth-order valence-corrected chi connectivity index (χ4v) is 3.78. The minimum absolute atomic E-state index is 0. The number of amides is 1. The standard InChI is InChI=1S/C15H13N3O4S.3Y/c1-18-13(15(19)17-12-8-5-9-16-12)14(22-2)10-6-3-4-7-11(10)23(18,20)21;;;/h3-4,6-7H,5H2,1-2H3,(H,17,19);;;/q-2;;;. The summed E-state index contributed by atoms with van der Waals surface area (Å²) < 4.78 is 31.5. The molecule has 11 heteroatoms. The number of hydrogen-bond donors (Lipinski definition) is 1. The van der Waals surface area contributed by atoms with E-state index in [9.17, 15) is 13.2 Å². The summed E-state index contributed by atoms with van der Waals surface area (Å²) in [4.78, 5) is 16.4. The Morgan fingerprint density at radius 1 is 1.27 bits per heavy atom. The number of ether oxygens (including phenoxy) is 1. The number of allylic oxidation sites excluding steroid dienone is 1. The van der Waals surface area contributed by atoms with Crippen LogP contribution >= 0.6 is 0 Å². The van der Waals surface area contributed by atoms with Crippen molar-refractivity contribution >= 4 is 27.9 Å². The second-order valence-electron chi connectivity index (χ2n) is 4.78. The maximum Gasteiger partial charge on any atom is 0.265 e. The van der Waals surface area contributed by atoms with Gasteiger partial charge in [0.05, 0.1) is 12.0 Å². The molecule has 26 heavy (non-hydrogen) atoms. The minimum Gasteiger partial charge on any atom is -0.572 e. The Bertz CT molecular complexity index is 882. The number of nitrogens with zero attached hydrogens (tertiary/aromatic N) is 2. The van der Waals surface area contributed by atoms with Crippen LogP contribution in [-0.4, -0.2) is 39.0 Å². The Labute approximate surface area is 228 Å². The fourth-order valence-electron chi connectivity index (χ4n) is 2.39. The number of sulfonamides is 1. The van der Waals surface area contributed by atoms with Crippen LogP contribution in [0.3, 0.4) is 0 Å². The van der Waals surface area contributed by atoms with Crippen LogP contribution in [0.25, 0.3) is 5.76 Å². The Morgan fingerprint density at radius 2 is 1.92 bits per heavy atom. The summed E-state index contributed by atoms with van der Waals surface area (Å²) >= 11 is 0. The molecular weight excluding hydrogens is 585 g/mol. The molecule has 2 heterocycles. The Hall–Kier alpha value is 0.702. The maximum atomic E-state index is 12.6. The van der Waals surface area contributed by atoms with Crippen LogP contribution in [0.15, 0.2) is 45.7 Å². The van der Waals surface area contributed by atoms with Gasteiger partial charge in [-0.25, -0.2) is 26.9 Å². The molecule has 0 saturated carbocycles. The van der Waals surface area contributed by atoms with E-state index in [-0.39, 0.29) is 120 Å². The van der Waals surface area contributed by atoms with Gasteiger partial charge in [0.25, 0.3) is 15.9 Å². The second-order valence-corrected chi connectivity index (χ2v) is 6.71. The van der Waals surface area contributed by atoms with E-state index in [0.29, 0.717) is 12.0 Å². The van der Waals surface area contributed by atoms with Crippen LogP contribution in [0.2, 0.25) is 0 Å². The summed E-state index contributed by atoms with van der Waals surface area (Å²) in [6.07, 6.45) is 5.80. The van der Waals surface area contributed by atoms with Crippen molar-refractivity contribution < 1.29 is 116 Å². The number of aliphatic imine (C=N–C) groups is 1. The molecule has 129 valence electrons. The molecule has 0 atom stereocenters. The largest absolute Gasteiger partial charge is 0.572 e. The summed E-state index contributed by atoms with van der Waals surface area (Å²) in [6.45, 7) is 0.